The molecular formula is C27H37F3N4O4. The van der Waals surface area contributed by atoms with Crippen molar-refractivity contribution in [3.05, 3.63) is 24.0 Å². The third kappa shape index (κ3) is 4.30. The van der Waals surface area contributed by atoms with Crippen LogP contribution in [0.25, 0.3) is 0 Å². The van der Waals surface area contributed by atoms with E-state index < -0.39 is 22.9 Å². The second kappa shape index (κ2) is 9.60. The maximum Gasteiger partial charge on any atom is 0.433 e. The minimum Gasteiger partial charge on any atom is -0.389 e. The van der Waals surface area contributed by atoms with Crippen molar-refractivity contribution in [2.75, 3.05) is 38.3 Å². The summed E-state index contributed by atoms with van der Waals surface area (Å²) in [5, 5.41) is 15.4. The molecule has 3 aliphatic heterocycles. The molecule has 5 fully saturated rings. The molecule has 2 N–H and O–H groups in total. The van der Waals surface area contributed by atoms with Crippen molar-refractivity contribution in [1.29, 1.82) is 0 Å². The highest BCUT2D eigenvalue weighted by Crippen LogP contribution is 2.57. The van der Waals surface area contributed by atoms with Gasteiger partial charge < -0.3 is 29.7 Å². The fourth-order valence-corrected chi connectivity index (χ4v) is 7.62. The number of nitrogens with one attached hydrogen (secondary N) is 1. The van der Waals surface area contributed by atoms with E-state index in [0.717, 1.165) is 25.3 Å². The average molecular weight is 540 g/mol. The Bertz CT molecular complexity index is 1070. The predicted molar refractivity (Wildman–Crippen MR) is 133 cm³/mol. The fraction of sp³-hybridized carbons (Fsp3) is 0.778. The largest absolute Gasteiger partial charge is 0.433 e. The Morgan fingerprint density at radius 1 is 1.29 bits per heavy atom. The number of amides is 1. The van der Waals surface area contributed by atoms with Crippen LogP contribution in [0, 0.1) is 5.41 Å². The van der Waals surface area contributed by atoms with Gasteiger partial charge in [0.1, 0.15) is 5.69 Å². The van der Waals surface area contributed by atoms with Crippen molar-refractivity contribution >= 4 is 11.6 Å². The van der Waals surface area contributed by atoms with E-state index in [1.165, 1.54) is 6.20 Å². The lowest BCUT2D eigenvalue weighted by molar-refractivity contribution is -0.178. The van der Waals surface area contributed by atoms with Gasteiger partial charge in [-0.05, 0) is 63.5 Å². The van der Waals surface area contributed by atoms with Gasteiger partial charge in [0.15, 0.2) is 0 Å². The van der Waals surface area contributed by atoms with Crippen LogP contribution in [0.1, 0.15) is 58.4 Å². The molecule has 4 heterocycles. The summed E-state index contributed by atoms with van der Waals surface area (Å²) in [6.07, 6.45) is 1.98. The first-order chi connectivity index (χ1) is 18.6. The van der Waals surface area contributed by atoms with E-state index in [-0.39, 0.29) is 43.3 Å². The van der Waals surface area contributed by atoms with Gasteiger partial charge in [0.25, 0.3) is 0 Å². The number of piperazine rings is 1. The summed E-state index contributed by atoms with van der Waals surface area (Å²) in [5.74, 6) is -0.00204. The molecule has 8 nitrogen and oxygen atoms in total. The summed E-state index contributed by atoms with van der Waals surface area (Å²) >= 11 is 0. The first kappa shape index (κ1) is 25.0. The van der Waals surface area contributed by atoms with Gasteiger partial charge in [0, 0.05) is 56.8 Å². The highest BCUT2D eigenvalue weighted by molar-refractivity contribution is 5.86. The number of aliphatic hydroxyl groups is 1. The number of fused-ring (bicyclic) bond motifs is 2. The second-order valence-electron chi connectivity index (χ2n) is 11.8. The van der Waals surface area contributed by atoms with Crippen LogP contribution >= 0.6 is 0 Å². The molecule has 0 radical (unpaired) electrons. The van der Waals surface area contributed by atoms with E-state index in [2.05, 4.69) is 10.3 Å². The molecule has 38 heavy (non-hydrogen) atoms. The summed E-state index contributed by atoms with van der Waals surface area (Å²) in [6, 6.07) is 2.62. The minimum absolute atomic E-state index is 0.00204. The Balaban J connectivity index is 1.17. The highest BCUT2D eigenvalue weighted by atomic mass is 19.4. The number of pyridine rings is 1. The number of hydrogen-bond donors (Lipinski definition) is 2. The first-order valence-corrected chi connectivity index (χ1v) is 13.7. The molecule has 6 atom stereocenters. The zero-order valence-corrected chi connectivity index (χ0v) is 21.5. The Hall–Kier alpha value is -1.95. The van der Waals surface area contributed by atoms with E-state index in [0.29, 0.717) is 64.1 Å². The van der Waals surface area contributed by atoms with Gasteiger partial charge in [-0.15, -0.1) is 0 Å². The third-order valence-electron chi connectivity index (χ3n) is 9.83. The van der Waals surface area contributed by atoms with Crippen molar-refractivity contribution in [3.63, 3.8) is 0 Å². The number of carbonyl (C=O) groups excluding carboxylic acids is 1. The molecule has 11 heteroatoms. The number of hydrogen-bond acceptors (Lipinski definition) is 7. The fourth-order valence-electron chi connectivity index (χ4n) is 7.62. The second-order valence-corrected chi connectivity index (χ2v) is 11.8. The lowest BCUT2D eigenvalue weighted by Crippen LogP contribution is -2.63. The zero-order valence-electron chi connectivity index (χ0n) is 22.5. The SMILES string of the molecule is [2H]CO[C@@H]1COCC[C@@H]1N[C@@H]1CC[C@@](C(=O)N2C[C@@H]3C[C@H]2CN3c2ccnc(C(F)(F)F)c2)(C2(O)CCC2)C1. The summed E-state index contributed by atoms with van der Waals surface area (Å²) < 4.78 is 58.3. The summed E-state index contributed by atoms with van der Waals surface area (Å²) in [4.78, 5) is 21.7. The van der Waals surface area contributed by atoms with E-state index in [1.54, 1.807) is 6.07 Å². The smallest absolute Gasteiger partial charge is 0.389 e. The molecule has 2 bridgehead atoms. The number of carbonyl (C=O) groups is 1. The number of nitrogens with zero attached hydrogens (tertiary/aromatic N) is 3. The molecule has 1 aromatic heterocycles. The maximum atomic E-state index is 14.3. The molecule has 210 valence electrons. The molecule has 5 aliphatic rings. The number of methoxy groups -OCH3 is 1. The van der Waals surface area contributed by atoms with Gasteiger partial charge in [-0.25, -0.2) is 0 Å². The van der Waals surface area contributed by atoms with Gasteiger partial charge in [0.05, 0.1) is 31.1 Å². The number of ether oxygens (including phenoxy) is 2. The van der Waals surface area contributed by atoms with Crippen LogP contribution in [0.3, 0.4) is 0 Å². The van der Waals surface area contributed by atoms with Crippen LogP contribution < -0.4 is 10.2 Å². The third-order valence-corrected chi connectivity index (χ3v) is 9.83. The number of likely N-dealkylation sites (tertiary alicyclic amines) is 1. The topological polar surface area (TPSA) is 87.2 Å². The number of anilines is 1. The monoisotopic (exact) mass is 539 g/mol. The summed E-state index contributed by atoms with van der Waals surface area (Å²) in [6.45, 7) is 1.97. The molecule has 6 rings (SSSR count). The first-order valence-electron chi connectivity index (χ1n) is 14.4. The van der Waals surface area contributed by atoms with Gasteiger partial charge in [-0.2, -0.15) is 13.2 Å². The zero-order chi connectivity index (χ0) is 27.4. The minimum atomic E-state index is -4.51. The lowest BCUT2D eigenvalue weighted by atomic mass is 9.59. The Morgan fingerprint density at radius 2 is 2.13 bits per heavy atom. The quantitative estimate of drug-likeness (QED) is 0.575. The Kier molecular flexibility index (Phi) is 6.33. The van der Waals surface area contributed by atoms with E-state index in [4.69, 9.17) is 10.8 Å². The van der Waals surface area contributed by atoms with Crippen molar-refractivity contribution in [1.82, 2.24) is 15.2 Å². The molecular weight excluding hydrogens is 501 g/mol. The predicted octanol–water partition coefficient (Wildman–Crippen LogP) is 2.74. The van der Waals surface area contributed by atoms with Crippen molar-refractivity contribution in [3.8, 4) is 0 Å². The molecule has 0 spiro atoms. The van der Waals surface area contributed by atoms with Crippen molar-refractivity contribution < 1.29 is 33.9 Å². The molecule has 1 amide bonds. The Labute approximate surface area is 222 Å². The lowest BCUT2D eigenvalue weighted by Gasteiger charge is -2.52. The number of aromatic nitrogens is 1. The average Bonchev–Trinajstić information content (AvgIpc) is 3.63. The van der Waals surface area contributed by atoms with Crippen LogP contribution in [-0.4, -0.2) is 90.2 Å². The van der Waals surface area contributed by atoms with Crippen LogP contribution in [-0.2, 0) is 20.4 Å². The molecule has 0 aromatic carbocycles. The summed E-state index contributed by atoms with van der Waals surface area (Å²) in [5.41, 5.74) is -2.32. The van der Waals surface area contributed by atoms with Crippen LogP contribution in [0.4, 0.5) is 18.9 Å². The highest BCUT2D eigenvalue weighted by Gasteiger charge is 2.64. The van der Waals surface area contributed by atoms with Crippen molar-refractivity contribution in [2.24, 2.45) is 5.41 Å². The van der Waals surface area contributed by atoms with Crippen LogP contribution in [0.5, 0.6) is 0 Å². The number of rotatable bonds is 6. The van der Waals surface area contributed by atoms with Gasteiger partial charge in [0.2, 0.25) is 5.91 Å². The normalized spacial score (nSPS) is 36.8. The van der Waals surface area contributed by atoms with Gasteiger partial charge in [-0.3, -0.25) is 9.78 Å². The molecule has 2 aliphatic carbocycles. The van der Waals surface area contributed by atoms with Crippen LogP contribution in [0.2, 0.25) is 0 Å². The van der Waals surface area contributed by atoms with Gasteiger partial charge in [-0.1, -0.05) is 0 Å². The van der Waals surface area contributed by atoms with E-state index in [9.17, 15) is 23.1 Å². The maximum absolute atomic E-state index is 14.3. The van der Waals surface area contributed by atoms with Gasteiger partial charge >= 0.3 is 6.18 Å². The van der Waals surface area contributed by atoms with Crippen molar-refractivity contribution in [2.45, 2.75) is 93.4 Å². The molecule has 0 unspecified atom stereocenters. The van der Waals surface area contributed by atoms with E-state index in [1.807, 2.05) is 9.80 Å². The molecule has 1 aromatic rings. The number of halogens is 3. The molecule has 2 saturated carbocycles. The van der Waals surface area contributed by atoms with Crippen LogP contribution in [0.15, 0.2) is 18.3 Å². The molecule has 3 saturated heterocycles. The summed E-state index contributed by atoms with van der Waals surface area (Å²) in [7, 11) is -0.134. The van der Waals surface area contributed by atoms with E-state index >= 15 is 0 Å². The Morgan fingerprint density at radius 3 is 2.82 bits per heavy atom. The standard InChI is InChI=1S/C27H37F3N4O4/c1-37-22-16-38-10-5-21(22)32-17-3-8-25(13-17,26(36)6-2-7-26)24(35)34-15-19-11-20(34)14-33(19)18-4-9-31-23(12-18)27(28,29)30/h4,9,12,17,19-22,32,36H,2-3,5-8,10-11,13-16H2,1H3/t17-,19+,20+,21+,22-,25-/m1/s1/i1D. The number of alkyl halides is 3.